The molecule has 0 saturated carbocycles. The molecular weight excluding hydrogens is 292 g/mol. The van der Waals surface area contributed by atoms with Crippen molar-refractivity contribution >= 4 is 35.5 Å². The predicted molar refractivity (Wildman–Crippen MR) is 84.4 cm³/mol. The van der Waals surface area contributed by atoms with Crippen LogP contribution >= 0.6 is 23.4 Å². The number of hydrogen-bond donors (Lipinski definition) is 1. The first-order valence-electron chi connectivity index (χ1n) is 5.99. The maximum Gasteiger partial charge on any atom is 0.250 e. The van der Waals surface area contributed by atoms with Crippen molar-refractivity contribution in [2.24, 2.45) is 5.10 Å². The Bertz CT molecular complexity index is 585. The molecule has 0 aliphatic rings. The lowest BCUT2D eigenvalue weighted by Gasteiger charge is -2.01. The first-order chi connectivity index (χ1) is 9.74. The third-order valence-electron chi connectivity index (χ3n) is 2.39. The number of thioether (sulfide) groups is 1. The van der Waals surface area contributed by atoms with E-state index in [0.717, 1.165) is 10.5 Å². The third kappa shape index (κ3) is 5.07. The summed E-state index contributed by atoms with van der Waals surface area (Å²) in [5.74, 6) is 0.172. The zero-order chi connectivity index (χ0) is 14.2. The number of carbonyl (C=O) groups excluding carboxylic acids is 1. The Morgan fingerprint density at radius 2 is 1.85 bits per heavy atom. The van der Waals surface area contributed by atoms with Crippen LogP contribution in [0.5, 0.6) is 0 Å². The molecule has 0 bridgehead atoms. The van der Waals surface area contributed by atoms with Crippen LogP contribution in [0.4, 0.5) is 0 Å². The molecular formula is C15H13ClN2OS. The predicted octanol–water partition coefficient (Wildman–Crippen LogP) is 3.58. The van der Waals surface area contributed by atoms with Gasteiger partial charge in [-0.3, -0.25) is 4.79 Å². The lowest BCUT2D eigenvalue weighted by molar-refractivity contribution is -0.118. The quantitative estimate of drug-likeness (QED) is 0.521. The molecule has 20 heavy (non-hydrogen) atoms. The van der Waals surface area contributed by atoms with Crippen molar-refractivity contribution in [3.63, 3.8) is 0 Å². The van der Waals surface area contributed by atoms with Gasteiger partial charge in [0.15, 0.2) is 0 Å². The van der Waals surface area contributed by atoms with Gasteiger partial charge in [0.1, 0.15) is 0 Å². The van der Waals surface area contributed by atoms with Gasteiger partial charge < -0.3 is 0 Å². The number of hydrazone groups is 1. The summed E-state index contributed by atoms with van der Waals surface area (Å²) in [5.41, 5.74) is 3.44. The van der Waals surface area contributed by atoms with Crippen molar-refractivity contribution in [1.29, 1.82) is 0 Å². The van der Waals surface area contributed by atoms with Crippen molar-refractivity contribution in [3.8, 4) is 0 Å². The van der Waals surface area contributed by atoms with E-state index in [1.165, 1.54) is 11.8 Å². The molecule has 0 fully saturated rings. The maximum atomic E-state index is 11.6. The molecule has 0 unspecified atom stereocenters. The van der Waals surface area contributed by atoms with E-state index in [-0.39, 0.29) is 5.91 Å². The lowest BCUT2D eigenvalue weighted by Crippen LogP contribution is -2.19. The molecule has 0 aromatic heterocycles. The Hall–Kier alpha value is -1.78. The van der Waals surface area contributed by atoms with E-state index >= 15 is 0 Å². The molecule has 0 atom stereocenters. The van der Waals surface area contributed by atoms with Gasteiger partial charge >= 0.3 is 0 Å². The van der Waals surface area contributed by atoms with Gasteiger partial charge in [0.25, 0.3) is 0 Å². The summed E-state index contributed by atoms with van der Waals surface area (Å²) < 4.78 is 0. The molecule has 0 heterocycles. The van der Waals surface area contributed by atoms with Crippen LogP contribution in [-0.4, -0.2) is 17.9 Å². The summed E-state index contributed by atoms with van der Waals surface area (Å²) in [6, 6.07) is 17.0. The van der Waals surface area contributed by atoms with Crippen LogP contribution in [0.15, 0.2) is 64.6 Å². The highest BCUT2D eigenvalue weighted by atomic mass is 35.5. The molecule has 2 aromatic rings. The van der Waals surface area contributed by atoms with Crippen LogP contribution in [0, 0.1) is 0 Å². The largest absolute Gasteiger partial charge is 0.272 e. The van der Waals surface area contributed by atoms with Gasteiger partial charge in [-0.2, -0.15) is 5.10 Å². The van der Waals surface area contributed by atoms with E-state index in [0.29, 0.717) is 10.8 Å². The zero-order valence-corrected chi connectivity index (χ0v) is 12.2. The van der Waals surface area contributed by atoms with Gasteiger partial charge in [-0.1, -0.05) is 41.9 Å². The molecule has 0 aliphatic carbocycles. The van der Waals surface area contributed by atoms with Crippen LogP contribution in [0.1, 0.15) is 5.56 Å². The first kappa shape index (κ1) is 14.6. The maximum absolute atomic E-state index is 11.6. The van der Waals surface area contributed by atoms with Crippen LogP contribution in [0.2, 0.25) is 5.02 Å². The summed E-state index contributed by atoms with van der Waals surface area (Å²) >= 11 is 7.23. The first-order valence-corrected chi connectivity index (χ1v) is 7.36. The van der Waals surface area contributed by atoms with E-state index in [1.54, 1.807) is 18.3 Å². The van der Waals surface area contributed by atoms with Crippen LogP contribution in [0.25, 0.3) is 0 Å². The highest BCUT2D eigenvalue weighted by Gasteiger charge is 2.01. The van der Waals surface area contributed by atoms with Crippen LogP contribution in [0.3, 0.4) is 0 Å². The Morgan fingerprint density at radius 1 is 1.15 bits per heavy atom. The van der Waals surface area contributed by atoms with Crippen molar-refractivity contribution < 1.29 is 4.79 Å². The van der Waals surface area contributed by atoms with Gasteiger partial charge in [-0.05, 0) is 29.8 Å². The number of hydrogen-bond acceptors (Lipinski definition) is 3. The summed E-state index contributed by atoms with van der Waals surface area (Å²) in [4.78, 5) is 12.6. The normalized spacial score (nSPS) is 10.7. The number of nitrogens with one attached hydrogen (secondary N) is 1. The Morgan fingerprint density at radius 3 is 2.55 bits per heavy atom. The molecule has 1 N–H and O–H groups in total. The van der Waals surface area contributed by atoms with Gasteiger partial charge in [-0.15, -0.1) is 11.8 Å². The topological polar surface area (TPSA) is 41.5 Å². The summed E-state index contributed by atoms with van der Waals surface area (Å²) in [5, 5.41) is 4.60. The van der Waals surface area contributed by atoms with E-state index < -0.39 is 0 Å². The number of benzene rings is 2. The van der Waals surface area contributed by atoms with Crippen molar-refractivity contribution in [3.05, 3.63) is 65.2 Å². The van der Waals surface area contributed by atoms with Crippen molar-refractivity contribution in [2.75, 3.05) is 5.75 Å². The van der Waals surface area contributed by atoms with E-state index in [1.807, 2.05) is 42.5 Å². The summed E-state index contributed by atoms with van der Waals surface area (Å²) in [7, 11) is 0. The Labute approximate surface area is 127 Å². The van der Waals surface area contributed by atoms with Gasteiger partial charge in [0.2, 0.25) is 5.91 Å². The number of rotatable bonds is 5. The SMILES string of the molecule is O=C(CSc1ccc(Cl)cc1)N/N=C/c1ccccc1. The van der Waals surface area contributed by atoms with E-state index in [4.69, 9.17) is 11.6 Å². The van der Waals surface area contributed by atoms with E-state index in [2.05, 4.69) is 10.5 Å². The Kier molecular flexibility index (Phi) is 5.65. The summed E-state index contributed by atoms with van der Waals surface area (Å²) in [6.45, 7) is 0. The van der Waals surface area contributed by atoms with Crippen LogP contribution < -0.4 is 5.43 Å². The second-order valence-corrected chi connectivity index (χ2v) is 5.43. The van der Waals surface area contributed by atoms with E-state index in [9.17, 15) is 4.79 Å². The molecule has 5 heteroatoms. The van der Waals surface area contributed by atoms with Crippen LogP contribution in [-0.2, 0) is 4.79 Å². The molecule has 2 rings (SSSR count). The molecule has 102 valence electrons. The number of carbonyl (C=O) groups is 1. The molecule has 0 saturated heterocycles. The number of nitrogens with zero attached hydrogens (tertiary/aromatic N) is 1. The molecule has 0 spiro atoms. The number of halogens is 1. The number of amides is 1. The smallest absolute Gasteiger partial charge is 0.250 e. The molecule has 0 aliphatic heterocycles. The van der Waals surface area contributed by atoms with Gasteiger partial charge in [0.05, 0.1) is 12.0 Å². The second-order valence-electron chi connectivity index (χ2n) is 3.95. The highest BCUT2D eigenvalue weighted by Crippen LogP contribution is 2.19. The van der Waals surface area contributed by atoms with Gasteiger partial charge in [-0.25, -0.2) is 5.43 Å². The highest BCUT2D eigenvalue weighted by molar-refractivity contribution is 8.00. The Balaban J connectivity index is 1.76. The fraction of sp³-hybridized carbons (Fsp3) is 0.0667. The standard InChI is InChI=1S/C15H13ClN2OS/c16-13-6-8-14(9-7-13)20-11-15(19)18-17-10-12-4-2-1-3-5-12/h1-10H,11H2,(H,18,19)/b17-10+. The fourth-order valence-electron chi connectivity index (χ4n) is 1.43. The minimum Gasteiger partial charge on any atom is -0.272 e. The monoisotopic (exact) mass is 304 g/mol. The van der Waals surface area contributed by atoms with Crippen molar-refractivity contribution in [1.82, 2.24) is 5.43 Å². The average molecular weight is 305 g/mol. The second kappa shape index (κ2) is 7.72. The molecule has 2 aromatic carbocycles. The average Bonchev–Trinajstić information content (AvgIpc) is 2.48. The zero-order valence-electron chi connectivity index (χ0n) is 10.6. The molecule has 1 amide bonds. The third-order valence-corrected chi connectivity index (χ3v) is 3.65. The lowest BCUT2D eigenvalue weighted by atomic mass is 10.2. The molecule has 3 nitrogen and oxygen atoms in total. The minimum atomic E-state index is -0.142. The van der Waals surface area contributed by atoms with Gasteiger partial charge in [0, 0.05) is 9.92 Å². The fourth-order valence-corrected chi connectivity index (χ4v) is 2.25. The summed E-state index contributed by atoms with van der Waals surface area (Å²) in [6.07, 6.45) is 1.62. The van der Waals surface area contributed by atoms with Crippen molar-refractivity contribution in [2.45, 2.75) is 4.90 Å². The molecule has 0 radical (unpaired) electrons. The minimum absolute atomic E-state index is 0.142.